The Hall–Kier alpha value is -4.62. The van der Waals surface area contributed by atoms with E-state index in [9.17, 15) is 18.3 Å². The summed E-state index contributed by atoms with van der Waals surface area (Å²) in [6.07, 6.45) is 6.72. The minimum absolute atomic E-state index is 0.0313. The molecule has 4 heterocycles. The number of hydrogen-bond acceptors (Lipinski definition) is 8. The SMILES string of the molecule is Nc1nccc(-c2c(-c3ccc(F)cc3)ncn2[C@H]2CCN(C[C@@](O)(Cn3cncn3)c3ccc(F)cc3F)C2)n1. The van der Waals surface area contributed by atoms with Crippen molar-refractivity contribution in [2.24, 2.45) is 0 Å². The van der Waals surface area contributed by atoms with Crippen molar-refractivity contribution in [3.8, 4) is 22.6 Å². The van der Waals surface area contributed by atoms with Crippen LogP contribution in [-0.2, 0) is 12.1 Å². The van der Waals surface area contributed by atoms with Crippen molar-refractivity contribution in [1.29, 1.82) is 0 Å². The summed E-state index contributed by atoms with van der Waals surface area (Å²) < 4.78 is 45.7. The second-order valence-electron chi connectivity index (χ2n) is 10.1. The van der Waals surface area contributed by atoms with Gasteiger partial charge in [-0.25, -0.2) is 37.8 Å². The van der Waals surface area contributed by atoms with E-state index in [2.05, 4.69) is 25.0 Å². The number of halogens is 3. The molecule has 0 saturated carbocycles. The van der Waals surface area contributed by atoms with Crippen LogP contribution in [0.4, 0.5) is 19.1 Å². The lowest BCUT2D eigenvalue weighted by atomic mass is 9.92. The zero-order valence-corrected chi connectivity index (χ0v) is 21.8. The van der Waals surface area contributed by atoms with Crippen molar-refractivity contribution in [1.82, 2.24) is 39.2 Å². The normalized spacial score (nSPS) is 17.1. The smallest absolute Gasteiger partial charge is 0.220 e. The van der Waals surface area contributed by atoms with Crippen LogP contribution in [0.5, 0.6) is 0 Å². The highest BCUT2D eigenvalue weighted by atomic mass is 19.1. The number of hydrogen-bond donors (Lipinski definition) is 2. The maximum atomic E-state index is 14.9. The van der Waals surface area contributed by atoms with Gasteiger partial charge in [0.1, 0.15) is 35.7 Å². The van der Waals surface area contributed by atoms with Gasteiger partial charge in [0.2, 0.25) is 5.95 Å². The Morgan fingerprint density at radius 1 is 0.976 bits per heavy atom. The molecular weight excluding hydrogens is 535 g/mol. The first-order valence-corrected chi connectivity index (χ1v) is 12.9. The molecule has 0 aliphatic carbocycles. The van der Waals surface area contributed by atoms with Crippen molar-refractivity contribution in [2.45, 2.75) is 24.6 Å². The van der Waals surface area contributed by atoms with Gasteiger partial charge in [-0.15, -0.1) is 0 Å². The van der Waals surface area contributed by atoms with Crippen molar-refractivity contribution in [2.75, 3.05) is 25.4 Å². The zero-order chi connectivity index (χ0) is 28.6. The maximum Gasteiger partial charge on any atom is 0.220 e. The quantitative estimate of drug-likeness (QED) is 0.295. The van der Waals surface area contributed by atoms with Gasteiger partial charge >= 0.3 is 0 Å². The molecule has 2 atom stereocenters. The number of imidazole rings is 1. The van der Waals surface area contributed by atoms with Gasteiger partial charge in [0.05, 0.1) is 30.0 Å². The number of nitrogens with zero attached hydrogens (tertiary/aromatic N) is 8. The summed E-state index contributed by atoms with van der Waals surface area (Å²) in [5.74, 6) is -1.83. The van der Waals surface area contributed by atoms with E-state index in [4.69, 9.17) is 5.73 Å². The molecule has 0 unspecified atom stereocenters. The molecular formula is C28H26F3N9O. The number of nitrogens with two attached hydrogens (primary N) is 1. The molecule has 1 aliphatic rings. The van der Waals surface area contributed by atoms with Gasteiger partial charge in [-0.2, -0.15) is 5.10 Å². The largest absolute Gasteiger partial charge is 0.382 e. The van der Waals surface area contributed by atoms with E-state index in [0.717, 1.165) is 12.1 Å². The number of nitrogen functional groups attached to an aromatic ring is 1. The number of aromatic nitrogens is 7. The molecule has 2 aromatic carbocycles. The van der Waals surface area contributed by atoms with Gasteiger partial charge in [0.25, 0.3) is 0 Å². The van der Waals surface area contributed by atoms with Crippen LogP contribution < -0.4 is 5.73 Å². The first kappa shape index (κ1) is 26.6. The highest BCUT2D eigenvalue weighted by Crippen LogP contribution is 2.36. The van der Waals surface area contributed by atoms with Gasteiger partial charge < -0.3 is 15.4 Å². The Balaban J connectivity index is 1.32. The molecule has 0 bridgehead atoms. The fraction of sp³-hybridized carbons (Fsp3) is 0.250. The van der Waals surface area contributed by atoms with E-state index >= 15 is 0 Å². The molecule has 1 aliphatic heterocycles. The van der Waals surface area contributed by atoms with E-state index in [1.807, 2.05) is 9.47 Å². The predicted molar refractivity (Wildman–Crippen MR) is 143 cm³/mol. The van der Waals surface area contributed by atoms with Gasteiger partial charge in [-0.3, -0.25) is 4.90 Å². The minimum Gasteiger partial charge on any atom is -0.382 e. The van der Waals surface area contributed by atoms with Crippen molar-refractivity contribution in [3.05, 3.63) is 96.7 Å². The van der Waals surface area contributed by atoms with E-state index in [1.165, 1.54) is 35.5 Å². The summed E-state index contributed by atoms with van der Waals surface area (Å²) >= 11 is 0. The summed E-state index contributed by atoms with van der Waals surface area (Å²) in [7, 11) is 0. The topological polar surface area (TPSA) is 124 Å². The highest BCUT2D eigenvalue weighted by Gasteiger charge is 2.38. The Morgan fingerprint density at radius 2 is 1.78 bits per heavy atom. The fourth-order valence-corrected chi connectivity index (χ4v) is 5.44. The molecule has 210 valence electrons. The van der Waals surface area contributed by atoms with E-state index in [0.29, 0.717) is 42.2 Å². The number of anilines is 1. The maximum absolute atomic E-state index is 14.9. The summed E-state index contributed by atoms with van der Waals surface area (Å²) in [5, 5.41) is 15.9. The van der Waals surface area contributed by atoms with Gasteiger partial charge in [0, 0.05) is 49.1 Å². The zero-order valence-electron chi connectivity index (χ0n) is 21.8. The van der Waals surface area contributed by atoms with Crippen LogP contribution in [0.3, 0.4) is 0 Å². The number of β-amino-alcohol motifs (C(OH)–C–C–N with tert-alkyl or cyclic N) is 1. The second-order valence-corrected chi connectivity index (χ2v) is 10.1. The lowest BCUT2D eigenvalue weighted by Crippen LogP contribution is -2.44. The van der Waals surface area contributed by atoms with Crippen molar-refractivity contribution < 1.29 is 18.3 Å². The molecule has 1 fully saturated rings. The number of likely N-dealkylation sites (tertiary alicyclic amines) is 1. The van der Waals surface area contributed by atoms with Crippen molar-refractivity contribution >= 4 is 5.95 Å². The molecule has 0 radical (unpaired) electrons. The van der Waals surface area contributed by atoms with Gasteiger partial charge in [0.15, 0.2) is 0 Å². The lowest BCUT2D eigenvalue weighted by Gasteiger charge is -2.33. The van der Waals surface area contributed by atoms with Crippen LogP contribution in [-0.4, -0.2) is 63.9 Å². The molecule has 3 N–H and O–H groups in total. The molecule has 6 rings (SSSR count). The molecule has 0 amide bonds. The molecule has 0 spiro atoms. The summed E-state index contributed by atoms with van der Waals surface area (Å²) in [6, 6.07) is 10.8. The van der Waals surface area contributed by atoms with Crippen molar-refractivity contribution in [3.63, 3.8) is 0 Å². The second kappa shape index (κ2) is 10.7. The molecule has 13 heteroatoms. The van der Waals surface area contributed by atoms with Crippen LogP contribution in [0.2, 0.25) is 0 Å². The Bertz CT molecular complexity index is 1660. The van der Waals surface area contributed by atoms with Crippen LogP contribution in [0.1, 0.15) is 18.0 Å². The Labute approximate surface area is 233 Å². The molecule has 5 aromatic rings. The minimum atomic E-state index is -1.72. The average Bonchev–Trinajstić information content (AvgIpc) is 3.70. The number of benzene rings is 2. The third kappa shape index (κ3) is 5.41. The Kier molecular flexibility index (Phi) is 6.97. The summed E-state index contributed by atoms with van der Waals surface area (Å²) in [5.41, 5.74) is 6.71. The first-order valence-electron chi connectivity index (χ1n) is 12.9. The first-order chi connectivity index (χ1) is 19.8. The summed E-state index contributed by atoms with van der Waals surface area (Å²) in [6.45, 7) is 1.06. The molecule has 3 aromatic heterocycles. The number of rotatable bonds is 8. The Morgan fingerprint density at radius 3 is 2.51 bits per heavy atom. The third-order valence-corrected chi connectivity index (χ3v) is 7.28. The predicted octanol–water partition coefficient (Wildman–Crippen LogP) is 3.43. The molecule has 10 nitrogen and oxygen atoms in total. The number of aliphatic hydroxyl groups is 1. The monoisotopic (exact) mass is 561 g/mol. The molecule has 1 saturated heterocycles. The van der Waals surface area contributed by atoms with Crippen LogP contribution >= 0.6 is 0 Å². The van der Waals surface area contributed by atoms with E-state index in [-0.39, 0.29) is 36.5 Å². The van der Waals surface area contributed by atoms with Crippen LogP contribution in [0.25, 0.3) is 22.6 Å². The van der Waals surface area contributed by atoms with Crippen LogP contribution in [0.15, 0.2) is 73.7 Å². The third-order valence-electron chi connectivity index (χ3n) is 7.28. The summed E-state index contributed by atoms with van der Waals surface area (Å²) in [4.78, 5) is 19.0. The van der Waals surface area contributed by atoms with Gasteiger partial charge in [-0.1, -0.05) is 6.07 Å². The standard InChI is InChI=1S/C28H26F3N9O/c29-19-3-1-18(2-4-19)25-26(24-7-9-34-27(32)37-24)40(17-35-25)21-8-10-38(12-21)13-28(41,14-39-16-33-15-36-39)22-6-5-20(30)11-23(22)31/h1-7,9,11,15-17,21,41H,8,10,12-14H2,(H2,32,34,37)/t21-,28+/m0/s1. The fourth-order valence-electron chi connectivity index (χ4n) is 5.44. The highest BCUT2D eigenvalue weighted by molar-refractivity contribution is 5.77. The van der Waals surface area contributed by atoms with E-state index < -0.39 is 17.2 Å². The van der Waals surface area contributed by atoms with E-state index in [1.54, 1.807) is 30.7 Å². The molecule has 41 heavy (non-hydrogen) atoms. The van der Waals surface area contributed by atoms with Gasteiger partial charge in [-0.05, 0) is 42.8 Å². The van der Waals surface area contributed by atoms with Crippen LogP contribution in [0, 0.1) is 17.5 Å². The average molecular weight is 562 g/mol. The lowest BCUT2D eigenvalue weighted by molar-refractivity contribution is -0.0170.